The molecule has 1 N–H and O–H groups in total. The van der Waals surface area contributed by atoms with E-state index < -0.39 is 0 Å². The van der Waals surface area contributed by atoms with Crippen LogP contribution in [0.15, 0.2) is 18.3 Å². The molecule has 0 radical (unpaired) electrons. The van der Waals surface area contributed by atoms with Gasteiger partial charge in [0.15, 0.2) is 0 Å². The number of hydrogen-bond donors (Lipinski definition) is 1. The van der Waals surface area contributed by atoms with Crippen LogP contribution in [0.4, 0.5) is 0 Å². The van der Waals surface area contributed by atoms with E-state index in [0.29, 0.717) is 11.6 Å². The van der Waals surface area contributed by atoms with Crippen LogP contribution in [0.1, 0.15) is 17.1 Å². The number of rotatable bonds is 3. The van der Waals surface area contributed by atoms with Gasteiger partial charge >= 0.3 is 0 Å². The second-order valence-corrected chi connectivity index (χ2v) is 4.13. The Labute approximate surface area is 99.1 Å². The third-order valence-electron chi connectivity index (χ3n) is 2.67. The van der Waals surface area contributed by atoms with Crippen LogP contribution >= 0.6 is 11.6 Å². The van der Waals surface area contributed by atoms with Gasteiger partial charge in [-0.3, -0.25) is 4.68 Å². The molecule has 86 valence electrons. The van der Waals surface area contributed by atoms with Crippen molar-refractivity contribution < 1.29 is 5.11 Å². The van der Waals surface area contributed by atoms with Gasteiger partial charge in [-0.05, 0) is 19.1 Å². The fourth-order valence-corrected chi connectivity index (χ4v) is 1.98. The zero-order valence-corrected chi connectivity index (χ0v) is 10.1. The molecule has 0 atom stereocenters. The van der Waals surface area contributed by atoms with Crippen LogP contribution in [-0.2, 0) is 20.2 Å². The average molecular weight is 240 g/mol. The maximum Gasteiger partial charge on any atom is 0.0865 e. The van der Waals surface area contributed by atoms with Crippen LogP contribution in [0.3, 0.4) is 0 Å². The van der Waals surface area contributed by atoms with E-state index in [9.17, 15) is 0 Å². The van der Waals surface area contributed by atoms with Gasteiger partial charge in [-0.15, -0.1) is 0 Å². The second kappa shape index (κ2) is 4.31. The van der Waals surface area contributed by atoms with E-state index in [-0.39, 0.29) is 6.61 Å². The molecular weight excluding hydrogens is 226 g/mol. The monoisotopic (exact) mass is 239 g/mol. The van der Waals surface area contributed by atoms with E-state index in [1.807, 2.05) is 36.9 Å². The van der Waals surface area contributed by atoms with Gasteiger partial charge in [-0.1, -0.05) is 11.6 Å². The SMILES string of the molecule is Cc1nn(C)c(Cn2cccc2CO)c1Cl. The first-order chi connectivity index (χ1) is 7.63. The van der Waals surface area contributed by atoms with Crippen molar-refractivity contribution in [1.29, 1.82) is 0 Å². The smallest absolute Gasteiger partial charge is 0.0865 e. The first-order valence-corrected chi connectivity index (χ1v) is 5.44. The highest BCUT2D eigenvalue weighted by Gasteiger charge is 2.12. The summed E-state index contributed by atoms with van der Waals surface area (Å²) in [6.45, 7) is 2.54. The Morgan fingerprint density at radius 2 is 2.25 bits per heavy atom. The standard InChI is InChI=1S/C11H14ClN3O/c1-8-11(12)10(14(2)13-8)6-15-5-3-4-9(15)7-16/h3-5,16H,6-7H2,1-2H3. The van der Waals surface area contributed by atoms with E-state index in [2.05, 4.69) is 5.10 Å². The molecule has 0 aliphatic heterocycles. The molecule has 2 aromatic heterocycles. The number of nitrogens with zero attached hydrogens (tertiary/aromatic N) is 3. The van der Waals surface area contributed by atoms with Crippen LogP contribution in [0.2, 0.25) is 5.02 Å². The summed E-state index contributed by atoms with van der Waals surface area (Å²) in [7, 11) is 1.87. The van der Waals surface area contributed by atoms with Crippen LogP contribution < -0.4 is 0 Å². The fourth-order valence-electron chi connectivity index (χ4n) is 1.76. The first-order valence-electron chi connectivity index (χ1n) is 5.06. The van der Waals surface area contributed by atoms with Crippen molar-refractivity contribution in [3.8, 4) is 0 Å². The molecule has 0 aliphatic rings. The number of halogens is 1. The van der Waals surface area contributed by atoms with Crippen LogP contribution in [0, 0.1) is 6.92 Å². The van der Waals surface area contributed by atoms with Crippen molar-refractivity contribution in [3.05, 3.63) is 40.4 Å². The largest absolute Gasteiger partial charge is 0.390 e. The summed E-state index contributed by atoms with van der Waals surface area (Å²) in [5.41, 5.74) is 2.65. The molecule has 0 spiro atoms. The topological polar surface area (TPSA) is 43.0 Å². The minimum Gasteiger partial charge on any atom is -0.390 e. The van der Waals surface area contributed by atoms with Gasteiger partial charge in [0.05, 0.1) is 29.6 Å². The van der Waals surface area contributed by atoms with Gasteiger partial charge in [0.2, 0.25) is 0 Å². The summed E-state index contributed by atoms with van der Waals surface area (Å²) < 4.78 is 3.74. The summed E-state index contributed by atoms with van der Waals surface area (Å²) in [4.78, 5) is 0. The van der Waals surface area contributed by atoms with Gasteiger partial charge in [-0.25, -0.2) is 0 Å². The molecule has 5 heteroatoms. The van der Waals surface area contributed by atoms with E-state index in [1.165, 1.54) is 0 Å². The number of aliphatic hydroxyl groups excluding tert-OH is 1. The molecule has 0 saturated heterocycles. The number of aromatic nitrogens is 3. The minimum atomic E-state index is 0.0292. The van der Waals surface area contributed by atoms with E-state index in [1.54, 1.807) is 4.68 Å². The van der Waals surface area contributed by atoms with Crippen molar-refractivity contribution in [2.45, 2.75) is 20.1 Å². The Kier molecular flexibility index (Phi) is 3.03. The molecule has 2 aromatic rings. The van der Waals surface area contributed by atoms with Crippen molar-refractivity contribution in [3.63, 3.8) is 0 Å². The lowest BCUT2D eigenvalue weighted by atomic mass is 10.3. The van der Waals surface area contributed by atoms with E-state index >= 15 is 0 Å². The van der Waals surface area contributed by atoms with Gasteiger partial charge in [-0.2, -0.15) is 5.10 Å². The molecule has 0 aromatic carbocycles. The maximum atomic E-state index is 9.15. The summed E-state index contributed by atoms with van der Waals surface area (Å²) in [6.07, 6.45) is 1.92. The number of hydrogen-bond acceptors (Lipinski definition) is 2. The molecule has 2 rings (SSSR count). The van der Waals surface area contributed by atoms with Gasteiger partial charge in [0, 0.05) is 18.9 Å². The number of aliphatic hydroxyl groups is 1. The van der Waals surface area contributed by atoms with E-state index in [4.69, 9.17) is 16.7 Å². The molecule has 0 bridgehead atoms. The molecule has 16 heavy (non-hydrogen) atoms. The number of aryl methyl sites for hydroxylation is 2. The highest BCUT2D eigenvalue weighted by atomic mass is 35.5. The van der Waals surface area contributed by atoms with Crippen LogP contribution in [0.5, 0.6) is 0 Å². The fraction of sp³-hybridized carbons (Fsp3) is 0.364. The first kappa shape index (κ1) is 11.2. The van der Waals surface area contributed by atoms with Crippen molar-refractivity contribution in [1.82, 2.24) is 14.3 Å². The average Bonchev–Trinajstić information content (AvgIpc) is 2.79. The Hall–Kier alpha value is -1.26. The minimum absolute atomic E-state index is 0.0292. The normalized spacial score (nSPS) is 11.0. The summed E-state index contributed by atoms with van der Waals surface area (Å²) >= 11 is 6.17. The molecular formula is C11H14ClN3O. The van der Waals surface area contributed by atoms with Gasteiger partial charge < -0.3 is 9.67 Å². The third kappa shape index (κ3) is 1.86. The van der Waals surface area contributed by atoms with Crippen molar-refractivity contribution in [2.75, 3.05) is 0 Å². The Balaban J connectivity index is 2.34. The zero-order valence-electron chi connectivity index (χ0n) is 9.31. The summed E-state index contributed by atoms with van der Waals surface area (Å²) in [5.74, 6) is 0. The summed E-state index contributed by atoms with van der Waals surface area (Å²) in [6, 6.07) is 3.79. The maximum absolute atomic E-state index is 9.15. The molecule has 0 amide bonds. The Bertz CT molecular complexity index is 501. The Morgan fingerprint density at radius 1 is 1.50 bits per heavy atom. The molecule has 0 unspecified atom stereocenters. The van der Waals surface area contributed by atoms with Crippen LogP contribution in [-0.4, -0.2) is 19.5 Å². The lowest BCUT2D eigenvalue weighted by Gasteiger charge is -2.08. The molecule has 4 nitrogen and oxygen atoms in total. The van der Waals surface area contributed by atoms with Gasteiger partial charge in [0.25, 0.3) is 0 Å². The summed E-state index contributed by atoms with van der Waals surface area (Å²) in [5, 5.41) is 14.1. The van der Waals surface area contributed by atoms with Crippen LogP contribution in [0.25, 0.3) is 0 Å². The van der Waals surface area contributed by atoms with E-state index in [0.717, 1.165) is 17.1 Å². The lowest BCUT2D eigenvalue weighted by molar-refractivity contribution is 0.271. The predicted molar refractivity (Wildman–Crippen MR) is 62.4 cm³/mol. The molecule has 0 saturated carbocycles. The molecule has 2 heterocycles. The predicted octanol–water partition coefficient (Wildman–Crippen LogP) is 1.72. The zero-order chi connectivity index (χ0) is 11.7. The second-order valence-electron chi connectivity index (χ2n) is 3.76. The quantitative estimate of drug-likeness (QED) is 0.887. The third-order valence-corrected chi connectivity index (χ3v) is 3.16. The highest BCUT2D eigenvalue weighted by molar-refractivity contribution is 6.31. The van der Waals surface area contributed by atoms with Crippen molar-refractivity contribution >= 4 is 11.6 Å². The molecule has 0 aliphatic carbocycles. The lowest BCUT2D eigenvalue weighted by Crippen LogP contribution is -2.07. The van der Waals surface area contributed by atoms with Gasteiger partial charge in [0.1, 0.15) is 0 Å². The molecule has 0 fully saturated rings. The Morgan fingerprint density at radius 3 is 2.81 bits per heavy atom. The van der Waals surface area contributed by atoms with Crippen molar-refractivity contribution in [2.24, 2.45) is 7.05 Å². The highest BCUT2D eigenvalue weighted by Crippen LogP contribution is 2.21.